The van der Waals surface area contributed by atoms with E-state index in [4.69, 9.17) is 12.2 Å². The highest BCUT2D eigenvalue weighted by molar-refractivity contribution is 7.80. The molecule has 0 unspecified atom stereocenters. The van der Waals surface area contributed by atoms with Gasteiger partial charge in [-0.05, 0) is 11.6 Å². The van der Waals surface area contributed by atoms with E-state index in [1.165, 1.54) is 6.92 Å². The Morgan fingerprint density at radius 3 is 2.52 bits per heavy atom. The van der Waals surface area contributed by atoms with Crippen LogP contribution < -0.4 is 10.6 Å². The number of nitrogens with zero attached hydrogens (tertiary/aromatic N) is 1. The van der Waals surface area contributed by atoms with Gasteiger partial charge in [-0.25, -0.2) is 0 Å². The van der Waals surface area contributed by atoms with Gasteiger partial charge in [0.15, 0.2) is 0 Å². The van der Waals surface area contributed by atoms with Crippen LogP contribution in [0.3, 0.4) is 0 Å². The second-order valence-corrected chi connectivity index (χ2v) is 12.0. The van der Waals surface area contributed by atoms with Gasteiger partial charge in [0.05, 0.1) is 19.7 Å². The number of hydrogen-bond acceptors (Lipinski definition) is 3. The standard InChI is InChI=1S/C15H21N3OSSi/c1-11(19)17-9-13-6-5-12(7-14(13)8-16)15(20)18-10-21(2,3)4/h5-7H,9-10H2,1-4H3,(H,17,19)(H,18,20). The maximum absolute atomic E-state index is 11.0. The first-order valence-electron chi connectivity index (χ1n) is 6.78. The van der Waals surface area contributed by atoms with Gasteiger partial charge in [0.1, 0.15) is 4.99 Å². The van der Waals surface area contributed by atoms with Gasteiger partial charge in [-0.15, -0.1) is 0 Å². The molecule has 2 N–H and O–H groups in total. The van der Waals surface area contributed by atoms with Crippen molar-refractivity contribution in [1.82, 2.24) is 10.6 Å². The van der Waals surface area contributed by atoms with E-state index in [1.807, 2.05) is 12.1 Å². The molecule has 0 saturated heterocycles. The summed E-state index contributed by atoms with van der Waals surface area (Å²) in [7, 11) is -1.22. The van der Waals surface area contributed by atoms with Crippen molar-refractivity contribution < 1.29 is 4.79 Å². The quantitative estimate of drug-likeness (QED) is 0.646. The van der Waals surface area contributed by atoms with Crippen LogP contribution in [-0.2, 0) is 11.3 Å². The van der Waals surface area contributed by atoms with Gasteiger partial charge >= 0.3 is 0 Å². The Hall–Kier alpha value is -1.71. The number of carbonyl (C=O) groups is 1. The molecule has 6 heteroatoms. The molecule has 0 aliphatic carbocycles. The highest BCUT2D eigenvalue weighted by Crippen LogP contribution is 2.12. The summed E-state index contributed by atoms with van der Waals surface area (Å²) in [6.45, 7) is 8.60. The molecule has 0 aliphatic rings. The van der Waals surface area contributed by atoms with E-state index >= 15 is 0 Å². The zero-order valence-corrected chi connectivity index (χ0v) is 14.7. The van der Waals surface area contributed by atoms with E-state index in [1.54, 1.807) is 6.07 Å². The predicted octanol–water partition coefficient (Wildman–Crippen LogP) is 2.34. The van der Waals surface area contributed by atoms with E-state index < -0.39 is 8.07 Å². The van der Waals surface area contributed by atoms with Crippen molar-refractivity contribution in [3.63, 3.8) is 0 Å². The Morgan fingerprint density at radius 1 is 1.33 bits per heavy atom. The molecule has 4 nitrogen and oxygen atoms in total. The fourth-order valence-corrected chi connectivity index (χ4v) is 2.68. The number of nitriles is 1. The number of thiocarbonyl (C=S) groups is 1. The molecule has 0 radical (unpaired) electrons. The molecule has 0 saturated carbocycles. The van der Waals surface area contributed by atoms with Crippen LogP contribution in [0.5, 0.6) is 0 Å². The largest absolute Gasteiger partial charge is 0.379 e. The van der Waals surface area contributed by atoms with Crippen molar-refractivity contribution in [3.05, 3.63) is 34.9 Å². The van der Waals surface area contributed by atoms with E-state index in [-0.39, 0.29) is 5.91 Å². The smallest absolute Gasteiger partial charge is 0.217 e. The van der Waals surface area contributed by atoms with Crippen molar-refractivity contribution in [2.24, 2.45) is 0 Å². The number of amides is 1. The van der Waals surface area contributed by atoms with Crippen molar-refractivity contribution in [1.29, 1.82) is 5.26 Å². The average Bonchev–Trinajstić information content (AvgIpc) is 2.41. The zero-order valence-electron chi connectivity index (χ0n) is 12.9. The fraction of sp³-hybridized carbons (Fsp3) is 0.400. The second-order valence-electron chi connectivity index (χ2n) is 6.14. The highest BCUT2D eigenvalue weighted by Gasteiger charge is 2.14. The molecular weight excluding hydrogens is 298 g/mol. The monoisotopic (exact) mass is 319 g/mol. The predicted molar refractivity (Wildman–Crippen MR) is 91.7 cm³/mol. The summed E-state index contributed by atoms with van der Waals surface area (Å²) in [5, 5.41) is 15.2. The van der Waals surface area contributed by atoms with E-state index in [0.29, 0.717) is 17.1 Å². The van der Waals surface area contributed by atoms with Gasteiger partial charge in [0, 0.05) is 25.2 Å². The van der Waals surface area contributed by atoms with Crippen LogP contribution in [0.25, 0.3) is 0 Å². The first-order chi connectivity index (χ1) is 9.73. The summed E-state index contributed by atoms with van der Waals surface area (Å²) in [6.07, 6.45) is 0.904. The minimum atomic E-state index is -1.22. The van der Waals surface area contributed by atoms with Crippen LogP contribution in [0.2, 0.25) is 19.6 Å². The number of nitrogens with one attached hydrogen (secondary N) is 2. The molecule has 21 heavy (non-hydrogen) atoms. The molecule has 1 aromatic carbocycles. The maximum Gasteiger partial charge on any atom is 0.217 e. The lowest BCUT2D eigenvalue weighted by Crippen LogP contribution is -2.39. The van der Waals surface area contributed by atoms with Crippen molar-refractivity contribution in [3.8, 4) is 6.07 Å². The highest BCUT2D eigenvalue weighted by atomic mass is 32.1. The van der Waals surface area contributed by atoms with Gasteiger partial charge in [0.25, 0.3) is 0 Å². The van der Waals surface area contributed by atoms with E-state index in [9.17, 15) is 10.1 Å². The lowest BCUT2D eigenvalue weighted by molar-refractivity contribution is -0.119. The molecule has 0 bridgehead atoms. The normalized spacial score (nSPS) is 10.6. The summed E-state index contributed by atoms with van der Waals surface area (Å²) in [5.41, 5.74) is 2.18. The summed E-state index contributed by atoms with van der Waals surface area (Å²) < 4.78 is 0. The molecule has 0 atom stereocenters. The molecule has 112 valence electrons. The molecule has 0 heterocycles. The van der Waals surface area contributed by atoms with Crippen LogP contribution in [0.4, 0.5) is 0 Å². The number of hydrogen-bond donors (Lipinski definition) is 2. The third-order valence-corrected chi connectivity index (χ3v) is 4.42. The maximum atomic E-state index is 11.0. The van der Waals surface area contributed by atoms with Crippen LogP contribution in [0.15, 0.2) is 18.2 Å². The number of carbonyl (C=O) groups excluding carboxylic acids is 1. The summed E-state index contributed by atoms with van der Waals surface area (Å²) in [4.78, 5) is 11.6. The van der Waals surface area contributed by atoms with Gasteiger partial charge in [-0.1, -0.05) is 44.0 Å². The molecule has 1 amide bonds. The van der Waals surface area contributed by atoms with E-state index in [0.717, 1.165) is 17.3 Å². The average molecular weight is 320 g/mol. The Labute approximate surface area is 132 Å². The van der Waals surface area contributed by atoms with E-state index in [2.05, 4.69) is 36.3 Å². The Bertz CT molecular complexity index is 588. The van der Waals surface area contributed by atoms with Crippen molar-refractivity contribution >= 4 is 31.2 Å². The summed E-state index contributed by atoms with van der Waals surface area (Å²) in [6, 6.07) is 7.66. The van der Waals surface area contributed by atoms with Gasteiger partial charge in [-0.2, -0.15) is 5.26 Å². The lowest BCUT2D eigenvalue weighted by Gasteiger charge is -2.18. The van der Waals surface area contributed by atoms with Crippen LogP contribution in [-0.4, -0.2) is 25.1 Å². The molecule has 0 spiro atoms. The molecule has 0 aliphatic heterocycles. The first-order valence-corrected chi connectivity index (χ1v) is 10.9. The Balaban J connectivity index is 2.84. The molecular formula is C15H21N3OSSi. The van der Waals surface area contributed by atoms with Crippen molar-refractivity contribution in [2.75, 3.05) is 6.17 Å². The molecule has 0 aromatic heterocycles. The minimum Gasteiger partial charge on any atom is -0.379 e. The Morgan fingerprint density at radius 2 is 2.00 bits per heavy atom. The SMILES string of the molecule is CC(=O)NCc1ccc(C(=S)NC[Si](C)(C)C)cc1C#N. The lowest BCUT2D eigenvalue weighted by atomic mass is 10.0. The van der Waals surface area contributed by atoms with Crippen LogP contribution in [0.1, 0.15) is 23.6 Å². The second kappa shape index (κ2) is 7.34. The first kappa shape index (κ1) is 17.3. The van der Waals surface area contributed by atoms with Gasteiger partial charge in [0.2, 0.25) is 5.91 Å². The number of benzene rings is 1. The third-order valence-electron chi connectivity index (χ3n) is 2.80. The third kappa shape index (κ3) is 6.06. The van der Waals surface area contributed by atoms with Crippen LogP contribution >= 0.6 is 12.2 Å². The molecule has 1 aromatic rings. The Kier molecular flexibility index (Phi) is 6.06. The topological polar surface area (TPSA) is 64.9 Å². The fourth-order valence-electron chi connectivity index (χ4n) is 1.64. The zero-order chi connectivity index (χ0) is 16.0. The van der Waals surface area contributed by atoms with Gasteiger partial charge < -0.3 is 10.6 Å². The summed E-state index contributed by atoms with van der Waals surface area (Å²) in [5.74, 6) is -0.115. The van der Waals surface area contributed by atoms with Crippen molar-refractivity contribution in [2.45, 2.75) is 33.1 Å². The van der Waals surface area contributed by atoms with Gasteiger partial charge in [-0.3, -0.25) is 4.79 Å². The number of rotatable bonds is 5. The molecule has 0 fully saturated rings. The summed E-state index contributed by atoms with van der Waals surface area (Å²) >= 11 is 5.38. The minimum absolute atomic E-state index is 0.115. The molecule has 1 rings (SSSR count). The van der Waals surface area contributed by atoms with Crippen LogP contribution in [0, 0.1) is 11.3 Å².